The molecule has 0 aromatic heterocycles. The minimum atomic E-state index is 0.320. The molecule has 0 aromatic rings. The highest BCUT2D eigenvalue weighted by Crippen LogP contribution is 2.20. The van der Waals surface area contributed by atoms with Crippen LogP contribution >= 0.6 is 0 Å². The van der Waals surface area contributed by atoms with Crippen molar-refractivity contribution in [2.45, 2.75) is 52.5 Å². The van der Waals surface area contributed by atoms with Gasteiger partial charge in [-0.05, 0) is 58.5 Å². The fourth-order valence-corrected chi connectivity index (χ4v) is 2.63. The molecule has 0 spiro atoms. The molecule has 0 saturated carbocycles. The molecule has 20 heavy (non-hydrogen) atoms. The first-order valence-corrected chi connectivity index (χ1v) is 8.12. The first-order valence-electron chi connectivity index (χ1n) is 8.12. The number of amides is 1. The summed E-state index contributed by atoms with van der Waals surface area (Å²) in [6.45, 7) is 10.3. The molecule has 4 nitrogen and oxygen atoms in total. The van der Waals surface area contributed by atoms with Gasteiger partial charge in [0.05, 0.1) is 0 Å². The van der Waals surface area contributed by atoms with E-state index in [9.17, 15) is 4.79 Å². The average molecular weight is 283 g/mol. The maximum Gasteiger partial charge on any atom is 0.222 e. The van der Waals surface area contributed by atoms with E-state index in [-0.39, 0.29) is 0 Å². The number of piperidine rings is 1. The van der Waals surface area contributed by atoms with Gasteiger partial charge in [-0.3, -0.25) is 4.79 Å². The molecule has 1 aliphatic rings. The van der Waals surface area contributed by atoms with E-state index in [1.165, 1.54) is 0 Å². The lowest BCUT2D eigenvalue weighted by Gasteiger charge is -2.35. The predicted octanol–water partition coefficient (Wildman–Crippen LogP) is 1.94. The van der Waals surface area contributed by atoms with Crippen LogP contribution in [0.25, 0.3) is 0 Å². The van der Waals surface area contributed by atoms with Crippen molar-refractivity contribution in [3.63, 3.8) is 0 Å². The predicted molar refractivity (Wildman–Crippen MR) is 84.5 cm³/mol. The summed E-state index contributed by atoms with van der Waals surface area (Å²) in [4.78, 5) is 16.6. The molecule has 2 N–H and O–H groups in total. The van der Waals surface area contributed by atoms with Gasteiger partial charge in [-0.25, -0.2) is 0 Å². The standard InChI is InChI=1S/C16H33N3O/c1-13(2)18(4)12-15-7-9-19(10-8-15)16(20)6-5-14(3)11-17/h13-15H,5-12,17H2,1-4H3. The maximum atomic E-state index is 12.1. The molecule has 1 rings (SSSR count). The summed E-state index contributed by atoms with van der Waals surface area (Å²) in [5.74, 6) is 1.52. The molecule has 0 aliphatic carbocycles. The van der Waals surface area contributed by atoms with Crippen molar-refractivity contribution in [3.05, 3.63) is 0 Å². The van der Waals surface area contributed by atoms with E-state index in [2.05, 4.69) is 37.6 Å². The Kier molecular flexibility index (Phi) is 7.52. The minimum absolute atomic E-state index is 0.320. The van der Waals surface area contributed by atoms with Gasteiger partial charge in [0.2, 0.25) is 5.91 Å². The Balaban J connectivity index is 2.26. The van der Waals surface area contributed by atoms with E-state index < -0.39 is 0 Å². The number of hydrogen-bond donors (Lipinski definition) is 1. The Hall–Kier alpha value is -0.610. The highest BCUT2D eigenvalue weighted by Gasteiger charge is 2.23. The number of rotatable bonds is 7. The summed E-state index contributed by atoms with van der Waals surface area (Å²) >= 11 is 0. The molecule has 0 aromatic carbocycles. The van der Waals surface area contributed by atoms with Crippen molar-refractivity contribution in [2.75, 3.05) is 33.2 Å². The summed E-state index contributed by atoms with van der Waals surface area (Å²) < 4.78 is 0. The third kappa shape index (κ3) is 5.80. The van der Waals surface area contributed by atoms with Crippen molar-refractivity contribution in [1.29, 1.82) is 0 Å². The van der Waals surface area contributed by atoms with Gasteiger partial charge in [-0.15, -0.1) is 0 Å². The molecular formula is C16H33N3O. The Morgan fingerprint density at radius 2 is 1.90 bits per heavy atom. The normalized spacial score (nSPS) is 18.9. The number of carbonyl (C=O) groups excluding carboxylic acids is 1. The third-order valence-corrected chi connectivity index (χ3v) is 4.65. The van der Waals surface area contributed by atoms with Gasteiger partial charge in [0.25, 0.3) is 0 Å². The van der Waals surface area contributed by atoms with Crippen molar-refractivity contribution in [1.82, 2.24) is 9.80 Å². The molecule has 1 fully saturated rings. The highest BCUT2D eigenvalue weighted by atomic mass is 16.2. The number of carbonyl (C=O) groups is 1. The quantitative estimate of drug-likeness (QED) is 0.777. The Bertz CT molecular complexity index is 285. The molecule has 1 saturated heterocycles. The van der Waals surface area contributed by atoms with Crippen LogP contribution in [-0.2, 0) is 4.79 Å². The lowest BCUT2D eigenvalue weighted by Crippen LogP contribution is -2.42. The topological polar surface area (TPSA) is 49.6 Å². The number of nitrogens with zero attached hydrogens (tertiary/aromatic N) is 2. The molecule has 0 radical (unpaired) electrons. The van der Waals surface area contributed by atoms with E-state index in [0.717, 1.165) is 44.8 Å². The van der Waals surface area contributed by atoms with E-state index in [0.29, 0.717) is 30.8 Å². The van der Waals surface area contributed by atoms with Crippen molar-refractivity contribution in [3.8, 4) is 0 Å². The van der Waals surface area contributed by atoms with E-state index in [4.69, 9.17) is 5.73 Å². The van der Waals surface area contributed by atoms with Crippen LogP contribution in [0.15, 0.2) is 0 Å². The molecule has 118 valence electrons. The number of nitrogens with two attached hydrogens (primary N) is 1. The fraction of sp³-hybridized carbons (Fsp3) is 0.938. The minimum Gasteiger partial charge on any atom is -0.343 e. The smallest absolute Gasteiger partial charge is 0.222 e. The molecule has 4 heteroatoms. The second-order valence-electron chi connectivity index (χ2n) is 6.74. The largest absolute Gasteiger partial charge is 0.343 e. The summed E-state index contributed by atoms with van der Waals surface area (Å²) in [6, 6.07) is 0.604. The van der Waals surface area contributed by atoms with Gasteiger partial charge in [0, 0.05) is 32.1 Å². The van der Waals surface area contributed by atoms with Crippen LogP contribution in [0.2, 0.25) is 0 Å². The van der Waals surface area contributed by atoms with Gasteiger partial charge in [-0.1, -0.05) is 6.92 Å². The second kappa shape index (κ2) is 8.63. The lowest BCUT2D eigenvalue weighted by atomic mass is 9.95. The molecule has 1 aliphatic heterocycles. The van der Waals surface area contributed by atoms with Crippen LogP contribution in [-0.4, -0.2) is 55.0 Å². The summed E-state index contributed by atoms with van der Waals surface area (Å²) in [5.41, 5.74) is 5.60. The zero-order valence-corrected chi connectivity index (χ0v) is 13.8. The zero-order chi connectivity index (χ0) is 15.1. The average Bonchev–Trinajstić information content (AvgIpc) is 2.44. The van der Waals surface area contributed by atoms with Crippen molar-refractivity contribution in [2.24, 2.45) is 17.6 Å². The van der Waals surface area contributed by atoms with E-state index in [1.807, 2.05) is 0 Å². The van der Waals surface area contributed by atoms with Crippen LogP contribution in [0.1, 0.15) is 46.5 Å². The SMILES string of the molecule is CC(CN)CCC(=O)N1CCC(CN(C)C(C)C)CC1. The fourth-order valence-electron chi connectivity index (χ4n) is 2.63. The van der Waals surface area contributed by atoms with Gasteiger partial charge < -0.3 is 15.5 Å². The van der Waals surface area contributed by atoms with Crippen LogP contribution in [0.5, 0.6) is 0 Å². The van der Waals surface area contributed by atoms with Gasteiger partial charge in [0.15, 0.2) is 0 Å². The first-order chi connectivity index (χ1) is 9.43. The highest BCUT2D eigenvalue weighted by molar-refractivity contribution is 5.76. The third-order valence-electron chi connectivity index (χ3n) is 4.65. The van der Waals surface area contributed by atoms with Crippen LogP contribution in [0.4, 0.5) is 0 Å². The van der Waals surface area contributed by atoms with Crippen molar-refractivity contribution < 1.29 is 4.79 Å². The second-order valence-corrected chi connectivity index (χ2v) is 6.74. The molecule has 1 amide bonds. The zero-order valence-electron chi connectivity index (χ0n) is 13.8. The Morgan fingerprint density at radius 1 is 1.30 bits per heavy atom. The summed E-state index contributed by atoms with van der Waals surface area (Å²) in [6.07, 6.45) is 3.88. The van der Waals surface area contributed by atoms with E-state index >= 15 is 0 Å². The summed E-state index contributed by atoms with van der Waals surface area (Å²) in [5, 5.41) is 0. The molecule has 1 heterocycles. The van der Waals surface area contributed by atoms with Crippen LogP contribution in [0.3, 0.4) is 0 Å². The molecular weight excluding hydrogens is 250 g/mol. The molecule has 0 bridgehead atoms. The Morgan fingerprint density at radius 3 is 2.40 bits per heavy atom. The van der Waals surface area contributed by atoms with Gasteiger partial charge in [0.1, 0.15) is 0 Å². The number of hydrogen-bond acceptors (Lipinski definition) is 3. The van der Waals surface area contributed by atoms with E-state index in [1.54, 1.807) is 0 Å². The summed E-state index contributed by atoms with van der Waals surface area (Å²) in [7, 11) is 2.19. The lowest BCUT2D eigenvalue weighted by molar-refractivity contribution is -0.133. The molecule has 1 atom stereocenters. The maximum absolute atomic E-state index is 12.1. The first kappa shape index (κ1) is 17.4. The molecule has 1 unspecified atom stereocenters. The van der Waals surface area contributed by atoms with Crippen molar-refractivity contribution >= 4 is 5.91 Å². The Labute approximate surface area is 124 Å². The van der Waals surface area contributed by atoms with Gasteiger partial charge >= 0.3 is 0 Å². The van der Waals surface area contributed by atoms with Crippen LogP contribution < -0.4 is 5.73 Å². The monoisotopic (exact) mass is 283 g/mol. The van der Waals surface area contributed by atoms with Crippen LogP contribution in [0, 0.1) is 11.8 Å². The van der Waals surface area contributed by atoms with Gasteiger partial charge in [-0.2, -0.15) is 0 Å². The number of likely N-dealkylation sites (tertiary alicyclic amines) is 1.